The average Bonchev–Trinajstić information content (AvgIpc) is 2.43. The summed E-state index contributed by atoms with van der Waals surface area (Å²) in [5, 5.41) is 2.69. The zero-order valence-corrected chi connectivity index (χ0v) is 8.11. The van der Waals surface area contributed by atoms with E-state index >= 15 is 0 Å². The van der Waals surface area contributed by atoms with Crippen molar-refractivity contribution in [1.29, 1.82) is 0 Å². The fourth-order valence-corrected chi connectivity index (χ4v) is 1.55. The molecule has 1 aromatic rings. The van der Waals surface area contributed by atoms with Crippen LogP contribution >= 0.6 is 0 Å². The van der Waals surface area contributed by atoms with Gasteiger partial charge in [-0.1, -0.05) is 6.07 Å². The molecule has 0 aromatic carbocycles. The maximum atomic E-state index is 11.7. The van der Waals surface area contributed by atoms with Crippen molar-refractivity contribution in [1.82, 2.24) is 10.3 Å². The molecule has 0 fully saturated rings. The Morgan fingerprint density at radius 2 is 2.29 bits per heavy atom. The van der Waals surface area contributed by atoms with E-state index in [-0.39, 0.29) is 5.91 Å². The molecule has 1 aromatic heterocycles. The van der Waals surface area contributed by atoms with Crippen LogP contribution in [0.25, 0.3) is 0 Å². The van der Waals surface area contributed by atoms with Crippen molar-refractivity contribution in [2.75, 3.05) is 0 Å². The van der Waals surface area contributed by atoms with E-state index in [2.05, 4.69) is 15.3 Å². The molecule has 1 aliphatic rings. The molecule has 0 radical (unpaired) electrons. The van der Waals surface area contributed by atoms with Gasteiger partial charge in [-0.2, -0.15) is 0 Å². The summed E-state index contributed by atoms with van der Waals surface area (Å²) in [5.41, 5.74) is 0.00701. The van der Waals surface area contributed by atoms with Crippen molar-refractivity contribution in [3.05, 3.63) is 30.1 Å². The fourth-order valence-electron chi connectivity index (χ4n) is 1.55. The predicted octanol–water partition coefficient (Wildman–Crippen LogP) is 0.845. The molecule has 1 amide bonds. The molecule has 0 saturated heterocycles. The molecular weight excluding hydrogens is 178 g/mol. The fraction of sp³-hybridized carbons (Fsp3) is 0.300. The first-order chi connectivity index (χ1) is 6.63. The second-order valence-corrected chi connectivity index (χ2v) is 3.47. The van der Waals surface area contributed by atoms with E-state index in [0.29, 0.717) is 5.84 Å². The number of nitrogens with zero attached hydrogens (tertiary/aromatic N) is 2. The minimum atomic E-state index is -0.807. The van der Waals surface area contributed by atoms with Crippen molar-refractivity contribution in [2.24, 2.45) is 4.99 Å². The van der Waals surface area contributed by atoms with Gasteiger partial charge in [0.25, 0.3) is 5.91 Å². The van der Waals surface area contributed by atoms with Gasteiger partial charge < -0.3 is 5.32 Å². The quantitative estimate of drug-likeness (QED) is 0.711. The summed E-state index contributed by atoms with van der Waals surface area (Å²) >= 11 is 0. The maximum absolute atomic E-state index is 11.7. The Kier molecular flexibility index (Phi) is 1.84. The van der Waals surface area contributed by atoms with Gasteiger partial charge in [-0.15, -0.1) is 0 Å². The van der Waals surface area contributed by atoms with Crippen LogP contribution in [0.1, 0.15) is 19.4 Å². The molecule has 1 aliphatic heterocycles. The van der Waals surface area contributed by atoms with Crippen LogP contribution < -0.4 is 5.32 Å². The highest BCUT2D eigenvalue weighted by Crippen LogP contribution is 2.27. The molecule has 4 heteroatoms. The van der Waals surface area contributed by atoms with Crippen LogP contribution in [0, 0.1) is 0 Å². The standard InChI is InChI=1S/C10H11N3O/c1-7-12-9(14)10(2,13-7)8-4-3-5-11-6-8/h3-6H,1-2H3,(H,12,13,14)/t10-/m1/s1. The summed E-state index contributed by atoms with van der Waals surface area (Å²) in [5.74, 6) is 0.560. The van der Waals surface area contributed by atoms with E-state index < -0.39 is 5.54 Å². The van der Waals surface area contributed by atoms with E-state index in [1.807, 2.05) is 6.07 Å². The second-order valence-electron chi connectivity index (χ2n) is 3.47. The minimum absolute atomic E-state index is 0.0944. The van der Waals surface area contributed by atoms with Crippen molar-refractivity contribution in [3.8, 4) is 0 Å². The summed E-state index contributed by atoms with van der Waals surface area (Å²) in [7, 11) is 0. The van der Waals surface area contributed by atoms with E-state index in [1.54, 1.807) is 32.3 Å². The van der Waals surface area contributed by atoms with Crippen LogP contribution in [0.3, 0.4) is 0 Å². The lowest BCUT2D eigenvalue weighted by molar-refractivity contribution is -0.123. The van der Waals surface area contributed by atoms with Gasteiger partial charge >= 0.3 is 0 Å². The number of carbonyl (C=O) groups is 1. The number of amidine groups is 1. The van der Waals surface area contributed by atoms with Crippen LogP contribution in [0.4, 0.5) is 0 Å². The summed E-state index contributed by atoms with van der Waals surface area (Å²) < 4.78 is 0. The molecule has 0 unspecified atom stereocenters. The Morgan fingerprint density at radius 1 is 1.50 bits per heavy atom. The lowest BCUT2D eigenvalue weighted by Gasteiger charge is -2.17. The Balaban J connectivity index is 2.48. The normalized spacial score (nSPS) is 25.9. The molecule has 2 rings (SSSR count). The smallest absolute Gasteiger partial charge is 0.257 e. The van der Waals surface area contributed by atoms with E-state index in [4.69, 9.17) is 0 Å². The molecule has 0 bridgehead atoms. The van der Waals surface area contributed by atoms with Crippen LogP contribution in [-0.4, -0.2) is 16.7 Å². The van der Waals surface area contributed by atoms with Gasteiger partial charge in [0.1, 0.15) is 5.84 Å². The number of aromatic nitrogens is 1. The van der Waals surface area contributed by atoms with Gasteiger partial charge in [0.15, 0.2) is 5.54 Å². The van der Waals surface area contributed by atoms with Gasteiger partial charge in [0.2, 0.25) is 0 Å². The third-order valence-corrected chi connectivity index (χ3v) is 2.35. The number of aliphatic imine (C=N–C) groups is 1. The summed E-state index contributed by atoms with van der Waals surface area (Å²) in [6, 6.07) is 3.66. The Hall–Kier alpha value is -1.71. The first-order valence-electron chi connectivity index (χ1n) is 4.41. The Labute approximate surface area is 82.1 Å². The Morgan fingerprint density at radius 3 is 2.79 bits per heavy atom. The second kappa shape index (κ2) is 2.90. The highest BCUT2D eigenvalue weighted by Gasteiger charge is 2.39. The molecule has 0 aliphatic carbocycles. The lowest BCUT2D eigenvalue weighted by Crippen LogP contribution is -2.34. The van der Waals surface area contributed by atoms with E-state index in [0.717, 1.165) is 5.56 Å². The van der Waals surface area contributed by atoms with Gasteiger partial charge in [-0.05, 0) is 19.9 Å². The van der Waals surface area contributed by atoms with Crippen molar-refractivity contribution >= 4 is 11.7 Å². The summed E-state index contributed by atoms with van der Waals surface area (Å²) in [6.45, 7) is 3.56. The number of carbonyl (C=O) groups excluding carboxylic acids is 1. The zero-order valence-electron chi connectivity index (χ0n) is 8.11. The number of hydrogen-bond acceptors (Lipinski definition) is 3. The molecule has 1 N–H and O–H groups in total. The summed E-state index contributed by atoms with van der Waals surface area (Å²) in [4.78, 5) is 19.9. The lowest BCUT2D eigenvalue weighted by atomic mass is 9.94. The molecule has 4 nitrogen and oxygen atoms in total. The number of nitrogens with one attached hydrogen (secondary N) is 1. The molecule has 0 spiro atoms. The topological polar surface area (TPSA) is 54.4 Å². The number of rotatable bonds is 1. The van der Waals surface area contributed by atoms with Gasteiger partial charge in [-0.25, -0.2) is 0 Å². The number of amides is 1. The van der Waals surface area contributed by atoms with Gasteiger partial charge in [0.05, 0.1) is 0 Å². The average molecular weight is 189 g/mol. The highest BCUT2D eigenvalue weighted by atomic mass is 16.2. The Bertz CT molecular complexity index is 399. The largest absolute Gasteiger partial charge is 0.312 e. The highest BCUT2D eigenvalue weighted by molar-refractivity contribution is 6.07. The van der Waals surface area contributed by atoms with Crippen LogP contribution in [0.5, 0.6) is 0 Å². The monoisotopic (exact) mass is 189 g/mol. The predicted molar refractivity (Wildman–Crippen MR) is 52.8 cm³/mol. The number of pyridine rings is 1. The van der Waals surface area contributed by atoms with Crippen LogP contribution in [0.15, 0.2) is 29.5 Å². The molecule has 72 valence electrons. The first kappa shape index (κ1) is 8.87. The van der Waals surface area contributed by atoms with Gasteiger partial charge in [0, 0.05) is 18.0 Å². The summed E-state index contributed by atoms with van der Waals surface area (Å²) in [6.07, 6.45) is 3.35. The van der Waals surface area contributed by atoms with Crippen molar-refractivity contribution in [2.45, 2.75) is 19.4 Å². The third kappa shape index (κ3) is 1.19. The minimum Gasteiger partial charge on any atom is -0.312 e. The molecule has 14 heavy (non-hydrogen) atoms. The first-order valence-corrected chi connectivity index (χ1v) is 4.41. The van der Waals surface area contributed by atoms with E-state index in [1.165, 1.54) is 0 Å². The third-order valence-electron chi connectivity index (χ3n) is 2.35. The SMILES string of the molecule is CC1=N[C@](C)(c2cccnc2)C(=O)N1. The molecular formula is C10H11N3O. The maximum Gasteiger partial charge on any atom is 0.257 e. The zero-order chi connectivity index (χ0) is 10.2. The van der Waals surface area contributed by atoms with Crippen LogP contribution in [0.2, 0.25) is 0 Å². The van der Waals surface area contributed by atoms with Crippen molar-refractivity contribution in [3.63, 3.8) is 0 Å². The van der Waals surface area contributed by atoms with Crippen LogP contribution in [-0.2, 0) is 10.3 Å². The molecule has 2 heterocycles. The van der Waals surface area contributed by atoms with Gasteiger partial charge in [-0.3, -0.25) is 14.8 Å². The van der Waals surface area contributed by atoms with Crippen molar-refractivity contribution < 1.29 is 4.79 Å². The molecule has 1 atom stereocenters. The number of hydrogen-bond donors (Lipinski definition) is 1. The van der Waals surface area contributed by atoms with E-state index in [9.17, 15) is 4.79 Å². The molecule has 0 saturated carbocycles.